The van der Waals surface area contributed by atoms with Crippen LogP contribution in [0.2, 0.25) is 0 Å². The van der Waals surface area contributed by atoms with Gasteiger partial charge in [0.25, 0.3) is 0 Å². The Balaban J connectivity index is 1.86. The number of hydrogen-bond acceptors (Lipinski definition) is 4. The van der Waals surface area contributed by atoms with Gasteiger partial charge in [-0.3, -0.25) is 5.01 Å². The lowest BCUT2D eigenvalue weighted by atomic mass is 9.67. The number of hydrazone groups is 1. The Labute approximate surface area is 152 Å². The fraction of sp³-hybridized carbons (Fsp3) is 0.381. The van der Waals surface area contributed by atoms with Crippen molar-refractivity contribution in [2.75, 3.05) is 18.2 Å². The molecule has 2 aliphatic heterocycles. The Morgan fingerprint density at radius 1 is 1.27 bits per heavy atom. The molecule has 2 atom stereocenters. The molecule has 1 N–H and O–H groups in total. The maximum Gasteiger partial charge on any atom is 0.144 e. The van der Waals surface area contributed by atoms with Crippen molar-refractivity contribution in [1.29, 1.82) is 0 Å². The third kappa shape index (κ3) is 2.50. The minimum absolute atomic E-state index is 0.0549. The SMILES string of the molecule is CCC1=NN2c3cc(F)ccc3OCC2C1(CCCO)c1ccccc1. The first kappa shape index (κ1) is 17.0. The Kier molecular flexibility index (Phi) is 4.41. The summed E-state index contributed by atoms with van der Waals surface area (Å²) in [5.41, 5.74) is 2.56. The average Bonchev–Trinajstić information content (AvgIpc) is 3.02. The third-order valence-corrected chi connectivity index (χ3v) is 5.53. The first-order valence-corrected chi connectivity index (χ1v) is 9.16. The molecule has 4 rings (SSSR count). The molecule has 0 aromatic heterocycles. The van der Waals surface area contributed by atoms with E-state index >= 15 is 0 Å². The molecule has 2 heterocycles. The highest BCUT2D eigenvalue weighted by Crippen LogP contribution is 2.48. The zero-order valence-electron chi connectivity index (χ0n) is 14.9. The molecule has 2 unspecified atom stereocenters. The van der Waals surface area contributed by atoms with Crippen LogP contribution in [0.5, 0.6) is 5.75 Å². The van der Waals surface area contributed by atoms with E-state index in [0.717, 1.165) is 18.6 Å². The van der Waals surface area contributed by atoms with Gasteiger partial charge in [-0.2, -0.15) is 5.10 Å². The van der Waals surface area contributed by atoms with Crippen molar-refractivity contribution in [1.82, 2.24) is 0 Å². The zero-order chi connectivity index (χ0) is 18.1. The number of benzene rings is 2. The predicted molar refractivity (Wildman–Crippen MR) is 100 cm³/mol. The largest absolute Gasteiger partial charge is 0.489 e. The number of fused-ring (bicyclic) bond motifs is 3. The minimum Gasteiger partial charge on any atom is -0.489 e. The fourth-order valence-corrected chi connectivity index (χ4v) is 4.38. The van der Waals surface area contributed by atoms with Crippen LogP contribution >= 0.6 is 0 Å². The van der Waals surface area contributed by atoms with E-state index in [1.54, 1.807) is 6.07 Å². The molecule has 5 heteroatoms. The van der Waals surface area contributed by atoms with Crippen molar-refractivity contribution in [3.8, 4) is 5.75 Å². The molecule has 26 heavy (non-hydrogen) atoms. The van der Waals surface area contributed by atoms with Gasteiger partial charge in [0.1, 0.15) is 29.9 Å². The lowest BCUT2D eigenvalue weighted by molar-refractivity contribution is 0.216. The Bertz CT molecular complexity index is 824. The first-order chi connectivity index (χ1) is 12.7. The van der Waals surface area contributed by atoms with Crippen molar-refractivity contribution in [2.24, 2.45) is 5.10 Å². The molecular formula is C21H23FN2O2. The standard InChI is InChI=1S/C21H23FN2O2/c1-2-19-21(11-6-12-25,15-7-4-3-5-8-15)20-14-26-18-10-9-16(22)13-17(18)24(20)23-19/h3-5,7-10,13,20,25H,2,6,11-12,14H2,1H3. The number of anilines is 1. The summed E-state index contributed by atoms with van der Waals surface area (Å²) < 4.78 is 19.9. The summed E-state index contributed by atoms with van der Waals surface area (Å²) in [5.74, 6) is 0.363. The molecule has 0 amide bonds. The van der Waals surface area contributed by atoms with Crippen molar-refractivity contribution in [3.63, 3.8) is 0 Å². The quantitative estimate of drug-likeness (QED) is 0.886. The summed E-state index contributed by atoms with van der Waals surface area (Å²) in [7, 11) is 0. The van der Waals surface area contributed by atoms with Crippen LogP contribution in [0.3, 0.4) is 0 Å². The molecule has 0 saturated heterocycles. The number of nitrogens with zero attached hydrogens (tertiary/aromatic N) is 2. The predicted octanol–water partition coefficient (Wildman–Crippen LogP) is 3.88. The van der Waals surface area contributed by atoms with E-state index < -0.39 is 0 Å². The van der Waals surface area contributed by atoms with Gasteiger partial charge in [-0.05, 0) is 37.0 Å². The topological polar surface area (TPSA) is 45.1 Å². The minimum atomic E-state index is -0.344. The van der Waals surface area contributed by atoms with Gasteiger partial charge < -0.3 is 9.84 Å². The van der Waals surface area contributed by atoms with Crippen LogP contribution in [0, 0.1) is 5.82 Å². The maximum atomic E-state index is 13.9. The third-order valence-electron chi connectivity index (χ3n) is 5.53. The average molecular weight is 354 g/mol. The summed E-state index contributed by atoms with van der Waals surface area (Å²) in [4.78, 5) is 0. The summed E-state index contributed by atoms with van der Waals surface area (Å²) >= 11 is 0. The fourth-order valence-electron chi connectivity index (χ4n) is 4.38. The van der Waals surface area contributed by atoms with E-state index in [1.807, 2.05) is 23.2 Å². The Hall–Kier alpha value is -2.40. The molecule has 4 nitrogen and oxygen atoms in total. The molecule has 0 aliphatic carbocycles. The molecule has 2 aliphatic rings. The highest BCUT2D eigenvalue weighted by Gasteiger charge is 2.53. The van der Waals surface area contributed by atoms with E-state index in [9.17, 15) is 9.50 Å². The number of halogens is 1. The van der Waals surface area contributed by atoms with Crippen molar-refractivity contribution in [2.45, 2.75) is 37.6 Å². The van der Waals surface area contributed by atoms with E-state index in [4.69, 9.17) is 9.84 Å². The lowest BCUT2D eigenvalue weighted by Gasteiger charge is -2.41. The molecule has 0 radical (unpaired) electrons. The monoisotopic (exact) mass is 354 g/mol. The number of ether oxygens (including phenoxy) is 1. The van der Waals surface area contributed by atoms with Gasteiger partial charge >= 0.3 is 0 Å². The summed E-state index contributed by atoms with van der Waals surface area (Å²) in [6.07, 6.45) is 2.24. The number of hydrogen-bond donors (Lipinski definition) is 1. The summed E-state index contributed by atoms with van der Waals surface area (Å²) in [6.45, 7) is 2.71. The second-order valence-corrected chi connectivity index (χ2v) is 6.85. The number of aliphatic hydroxyl groups is 1. The van der Waals surface area contributed by atoms with Crippen molar-refractivity contribution >= 4 is 11.4 Å². The van der Waals surface area contributed by atoms with Crippen LogP contribution in [0.1, 0.15) is 31.7 Å². The summed E-state index contributed by atoms with van der Waals surface area (Å²) in [5, 5.41) is 16.4. The van der Waals surface area contributed by atoms with Gasteiger partial charge in [-0.25, -0.2) is 4.39 Å². The van der Waals surface area contributed by atoms with Crippen LogP contribution in [0.15, 0.2) is 53.6 Å². The van der Waals surface area contributed by atoms with Crippen LogP contribution in [-0.2, 0) is 5.41 Å². The second-order valence-electron chi connectivity index (χ2n) is 6.85. The summed E-state index contributed by atoms with van der Waals surface area (Å²) in [6, 6.07) is 14.8. The Morgan fingerprint density at radius 3 is 2.81 bits per heavy atom. The highest BCUT2D eigenvalue weighted by molar-refractivity contribution is 5.99. The van der Waals surface area contributed by atoms with Gasteiger partial charge in [0.2, 0.25) is 0 Å². The van der Waals surface area contributed by atoms with Gasteiger partial charge in [-0.15, -0.1) is 0 Å². The second kappa shape index (κ2) is 6.72. The van der Waals surface area contributed by atoms with Gasteiger partial charge in [-0.1, -0.05) is 37.3 Å². The molecule has 136 valence electrons. The molecule has 0 fully saturated rings. The first-order valence-electron chi connectivity index (χ1n) is 9.16. The molecular weight excluding hydrogens is 331 g/mol. The highest BCUT2D eigenvalue weighted by atomic mass is 19.1. The molecule has 0 saturated carbocycles. The van der Waals surface area contributed by atoms with E-state index in [2.05, 4.69) is 19.1 Å². The van der Waals surface area contributed by atoms with Crippen molar-refractivity contribution < 1.29 is 14.2 Å². The van der Waals surface area contributed by atoms with Gasteiger partial charge in [0.05, 0.1) is 11.1 Å². The van der Waals surface area contributed by atoms with Crippen LogP contribution in [0.4, 0.5) is 10.1 Å². The van der Waals surface area contributed by atoms with Crippen LogP contribution in [0.25, 0.3) is 0 Å². The van der Waals surface area contributed by atoms with E-state index in [0.29, 0.717) is 24.5 Å². The molecule has 2 aromatic carbocycles. The maximum absolute atomic E-state index is 13.9. The normalized spacial score (nSPS) is 23.9. The molecule has 0 bridgehead atoms. The smallest absolute Gasteiger partial charge is 0.144 e. The number of aliphatic hydroxyl groups excluding tert-OH is 1. The number of rotatable bonds is 5. The molecule has 0 spiro atoms. The van der Waals surface area contributed by atoms with Gasteiger partial charge in [0.15, 0.2) is 0 Å². The van der Waals surface area contributed by atoms with Crippen LogP contribution in [-0.4, -0.2) is 30.1 Å². The zero-order valence-corrected chi connectivity index (χ0v) is 14.9. The van der Waals surface area contributed by atoms with E-state index in [-0.39, 0.29) is 23.9 Å². The lowest BCUT2D eigenvalue weighted by Crippen LogP contribution is -2.52. The Morgan fingerprint density at radius 2 is 2.08 bits per heavy atom. The van der Waals surface area contributed by atoms with Gasteiger partial charge in [0, 0.05) is 12.7 Å². The van der Waals surface area contributed by atoms with E-state index in [1.165, 1.54) is 17.7 Å². The van der Waals surface area contributed by atoms with Crippen LogP contribution < -0.4 is 9.75 Å². The van der Waals surface area contributed by atoms with Crippen molar-refractivity contribution in [3.05, 3.63) is 59.9 Å². The molecule has 2 aromatic rings.